The van der Waals surface area contributed by atoms with Gasteiger partial charge in [-0.05, 0) is 19.4 Å². The van der Waals surface area contributed by atoms with Gasteiger partial charge in [-0.3, -0.25) is 4.68 Å². The van der Waals surface area contributed by atoms with Crippen LogP contribution in [0, 0.1) is 6.92 Å². The summed E-state index contributed by atoms with van der Waals surface area (Å²) in [6.45, 7) is 5.12. The Labute approximate surface area is 95.9 Å². The molecule has 3 nitrogen and oxygen atoms in total. The second-order valence-electron chi connectivity index (χ2n) is 3.98. The number of rotatable bonds is 3. The monoisotopic (exact) mass is 215 g/mol. The van der Waals surface area contributed by atoms with E-state index in [0.29, 0.717) is 0 Å². The molecule has 0 aliphatic heterocycles. The molecule has 0 bridgehead atoms. The lowest BCUT2D eigenvalue weighted by Crippen LogP contribution is -1.96. The van der Waals surface area contributed by atoms with Gasteiger partial charge in [0, 0.05) is 29.6 Å². The highest BCUT2D eigenvalue weighted by molar-refractivity contribution is 5.77. The number of aromatic nitrogens is 2. The fourth-order valence-electron chi connectivity index (χ4n) is 1.87. The van der Waals surface area contributed by atoms with Gasteiger partial charge in [-0.25, -0.2) is 0 Å². The van der Waals surface area contributed by atoms with E-state index in [4.69, 9.17) is 5.73 Å². The van der Waals surface area contributed by atoms with E-state index in [1.165, 1.54) is 0 Å². The molecule has 0 fully saturated rings. The van der Waals surface area contributed by atoms with Crippen molar-refractivity contribution < 1.29 is 0 Å². The summed E-state index contributed by atoms with van der Waals surface area (Å²) in [7, 11) is 0. The summed E-state index contributed by atoms with van der Waals surface area (Å²) in [4.78, 5) is 0. The van der Waals surface area contributed by atoms with Gasteiger partial charge in [-0.1, -0.05) is 25.1 Å². The zero-order valence-electron chi connectivity index (χ0n) is 9.77. The first-order valence-electron chi connectivity index (χ1n) is 5.61. The third-order valence-corrected chi connectivity index (χ3v) is 2.65. The highest BCUT2D eigenvalue weighted by Gasteiger charge is 2.08. The van der Waals surface area contributed by atoms with Crippen molar-refractivity contribution in [3.8, 4) is 11.1 Å². The normalized spacial score (nSPS) is 10.6. The fraction of sp³-hybridized carbons (Fsp3) is 0.308. The summed E-state index contributed by atoms with van der Waals surface area (Å²) in [5.41, 5.74) is 10.0. The Kier molecular flexibility index (Phi) is 2.95. The molecule has 0 saturated carbocycles. The van der Waals surface area contributed by atoms with Gasteiger partial charge in [0.2, 0.25) is 0 Å². The molecule has 3 heteroatoms. The molecule has 2 aromatic rings. The van der Waals surface area contributed by atoms with Crippen molar-refractivity contribution in [2.24, 2.45) is 0 Å². The number of aryl methyl sites for hydroxylation is 2. The van der Waals surface area contributed by atoms with Crippen molar-refractivity contribution >= 4 is 5.69 Å². The molecule has 1 aromatic heterocycles. The minimum atomic E-state index is 0.807. The highest BCUT2D eigenvalue weighted by atomic mass is 15.3. The molecule has 2 N–H and O–H groups in total. The molecule has 1 aromatic carbocycles. The van der Waals surface area contributed by atoms with Crippen LogP contribution in [0.4, 0.5) is 5.69 Å². The zero-order valence-corrected chi connectivity index (χ0v) is 9.77. The highest BCUT2D eigenvalue weighted by Crippen LogP contribution is 2.27. The number of nitrogens with two attached hydrogens (primary N) is 1. The predicted octanol–water partition coefficient (Wildman–Crippen LogP) is 2.85. The maximum Gasteiger partial charge on any atom is 0.0672 e. The smallest absolute Gasteiger partial charge is 0.0672 e. The number of anilines is 1. The maximum atomic E-state index is 5.97. The standard InChI is InChI=1S/C13H17N3/c1-3-8-16-9-12(10(2)15-16)11-6-4-5-7-13(11)14/h4-7,9H,3,8,14H2,1-2H3. The predicted molar refractivity (Wildman–Crippen MR) is 67.1 cm³/mol. The molecule has 0 unspecified atom stereocenters. The second kappa shape index (κ2) is 4.39. The van der Waals surface area contributed by atoms with Gasteiger partial charge in [0.1, 0.15) is 0 Å². The zero-order chi connectivity index (χ0) is 11.5. The van der Waals surface area contributed by atoms with Crippen LogP contribution in [0.2, 0.25) is 0 Å². The van der Waals surface area contributed by atoms with E-state index in [1.807, 2.05) is 35.9 Å². The van der Waals surface area contributed by atoms with Gasteiger partial charge in [-0.15, -0.1) is 0 Å². The van der Waals surface area contributed by atoms with Gasteiger partial charge < -0.3 is 5.73 Å². The van der Waals surface area contributed by atoms with Crippen LogP contribution >= 0.6 is 0 Å². The minimum Gasteiger partial charge on any atom is -0.398 e. The summed E-state index contributed by atoms with van der Waals surface area (Å²) >= 11 is 0. The van der Waals surface area contributed by atoms with E-state index in [0.717, 1.165) is 35.5 Å². The molecule has 0 saturated heterocycles. The van der Waals surface area contributed by atoms with Crippen molar-refractivity contribution in [2.45, 2.75) is 26.8 Å². The topological polar surface area (TPSA) is 43.8 Å². The number of nitrogen functional groups attached to an aromatic ring is 1. The first kappa shape index (κ1) is 10.7. The largest absolute Gasteiger partial charge is 0.398 e. The summed E-state index contributed by atoms with van der Waals surface area (Å²) in [6, 6.07) is 7.91. The second-order valence-corrected chi connectivity index (χ2v) is 3.98. The number of hydrogen-bond donors (Lipinski definition) is 1. The first-order valence-corrected chi connectivity index (χ1v) is 5.61. The van der Waals surface area contributed by atoms with E-state index >= 15 is 0 Å². The van der Waals surface area contributed by atoms with Crippen molar-refractivity contribution in [3.63, 3.8) is 0 Å². The number of para-hydroxylation sites is 1. The number of hydrogen-bond acceptors (Lipinski definition) is 2. The Bertz CT molecular complexity index is 486. The van der Waals surface area contributed by atoms with E-state index in [9.17, 15) is 0 Å². The van der Waals surface area contributed by atoms with E-state index in [2.05, 4.69) is 18.2 Å². The molecule has 0 aliphatic carbocycles. The van der Waals surface area contributed by atoms with Crippen LogP contribution in [0.15, 0.2) is 30.5 Å². The van der Waals surface area contributed by atoms with Gasteiger partial charge in [0.25, 0.3) is 0 Å². The molecule has 0 spiro atoms. The van der Waals surface area contributed by atoms with E-state index < -0.39 is 0 Å². The summed E-state index contributed by atoms with van der Waals surface area (Å²) < 4.78 is 1.98. The molecule has 0 radical (unpaired) electrons. The molecule has 0 amide bonds. The molecular formula is C13H17N3. The van der Waals surface area contributed by atoms with Crippen LogP contribution in [0.5, 0.6) is 0 Å². The summed E-state index contributed by atoms with van der Waals surface area (Å²) in [6.07, 6.45) is 3.16. The van der Waals surface area contributed by atoms with Crippen LogP contribution in [-0.4, -0.2) is 9.78 Å². The van der Waals surface area contributed by atoms with Crippen LogP contribution in [-0.2, 0) is 6.54 Å². The third kappa shape index (κ3) is 1.94. The van der Waals surface area contributed by atoms with Gasteiger partial charge in [0.05, 0.1) is 5.69 Å². The van der Waals surface area contributed by atoms with Crippen molar-refractivity contribution in [1.29, 1.82) is 0 Å². The van der Waals surface area contributed by atoms with Crippen molar-refractivity contribution in [3.05, 3.63) is 36.2 Å². The van der Waals surface area contributed by atoms with Gasteiger partial charge >= 0.3 is 0 Å². The molecule has 84 valence electrons. The third-order valence-electron chi connectivity index (χ3n) is 2.65. The Morgan fingerprint density at radius 1 is 1.25 bits per heavy atom. The van der Waals surface area contributed by atoms with Crippen LogP contribution < -0.4 is 5.73 Å². The average molecular weight is 215 g/mol. The van der Waals surface area contributed by atoms with Gasteiger partial charge in [0.15, 0.2) is 0 Å². The van der Waals surface area contributed by atoms with E-state index in [-0.39, 0.29) is 0 Å². The Balaban J connectivity index is 2.44. The lowest BCUT2D eigenvalue weighted by atomic mass is 10.1. The van der Waals surface area contributed by atoms with Crippen LogP contribution in [0.25, 0.3) is 11.1 Å². The number of nitrogens with zero attached hydrogens (tertiary/aromatic N) is 2. The van der Waals surface area contributed by atoms with Crippen LogP contribution in [0.1, 0.15) is 19.0 Å². The Hall–Kier alpha value is -1.77. The van der Waals surface area contributed by atoms with Gasteiger partial charge in [-0.2, -0.15) is 5.10 Å². The molecule has 0 atom stereocenters. The van der Waals surface area contributed by atoms with Crippen molar-refractivity contribution in [1.82, 2.24) is 9.78 Å². The lowest BCUT2D eigenvalue weighted by molar-refractivity contribution is 0.598. The molecule has 16 heavy (non-hydrogen) atoms. The maximum absolute atomic E-state index is 5.97. The SMILES string of the molecule is CCCn1cc(-c2ccccc2N)c(C)n1. The number of benzene rings is 1. The lowest BCUT2D eigenvalue weighted by Gasteiger charge is -2.02. The minimum absolute atomic E-state index is 0.807. The average Bonchev–Trinajstić information content (AvgIpc) is 2.61. The first-order chi connectivity index (χ1) is 7.72. The molecular weight excluding hydrogens is 198 g/mol. The Morgan fingerprint density at radius 3 is 2.69 bits per heavy atom. The molecule has 1 heterocycles. The van der Waals surface area contributed by atoms with Crippen LogP contribution in [0.3, 0.4) is 0 Å². The Morgan fingerprint density at radius 2 is 2.00 bits per heavy atom. The summed E-state index contributed by atoms with van der Waals surface area (Å²) in [5.74, 6) is 0. The fourth-order valence-corrected chi connectivity index (χ4v) is 1.87. The quantitative estimate of drug-likeness (QED) is 0.800. The van der Waals surface area contributed by atoms with E-state index in [1.54, 1.807) is 0 Å². The summed E-state index contributed by atoms with van der Waals surface area (Å²) in [5, 5.41) is 4.48. The molecule has 2 rings (SSSR count). The van der Waals surface area contributed by atoms with Crippen molar-refractivity contribution in [2.75, 3.05) is 5.73 Å². The molecule has 0 aliphatic rings.